The quantitative estimate of drug-likeness (QED) is 0.178. The van der Waals surface area contributed by atoms with Gasteiger partial charge in [0, 0.05) is 41.5 Å². The summed E-state index contributed by atoms with van der Waals surface area (Å²) in [4.78, 5) is 5.45. The molecule has 0 N–H and O–H groups in total. The zero-order valence-corrected chi connectivity index (χ0v) is 31.0. The van der Waals surface area contributed by atoms with Crippen LogP contribution in [0.25, 0.3) is 44.5 Å². The molecule has 4 heteroatoms. The minimum Gasteiger partial charge on any atom is -0.449 e. The Bertz CT molecular complexity index is 2520. The average molecular weight is 707 g/mol. The fourth-order valence-electron chi connectivity index (χ4n) is 8.85. The van der Waals surface area contributed by atoms with Gasteiger partial charge >= 0.3 is 0 Å². The van der Waals surface area contributed by atoms with E-state index in [-0.39, 0.29) is 10.8 Å². The van der Waals surface area contributed by atoms with Crippen molar-refractivity contribution in [3.8, 4) is 67.5 Å². The molecule has 0 aromatic heterocycles. The number of fused-ring (bicyclic) bond motifs is 12. The molecule has 2 heterocycles. The molecule has 0 radical (unpaired) electrons. The van der Waals surface area contributed by atoms with Gasteiger partial charge in [0.1, 0.15) is 0 Å². The van der Waals surface area contributed by atoms with Crippen molar-refractivity contribution >= 4 is 23.5 Å². The van der Waals surface area contributed by atoms with Crippen LogP contribution in [0.15, 0.2) is 153 Å². The lowest BCUT2D eigenvalue weighted by Gasteiger charge is -2.25. The molecule has 0 spiro atoms. The minimum atomic E-state index is -0.188. The fourth-order valence-corrected chi connectivity index (χ4v) is 11.3. The van der Waals surface area contributed by atoms with Crippen LogP contribution in [0.3, 0.4) is 0 Å². The Labute approximate surface area is 312 Å². The van der Waals surface area contributed by atoms with Crippen LogP contribution in [0.5, 0.6) is 23.0 Å². The maximum Gasteiger partial charge on any atom is 0.178 e. The van der Waals surface area contributed by atoms with Crippen LogP contribution in [0.1, 0.15) is 49.9 Å². The van der Waals surface area contributed by atoms with E-state index in [2.05, 4.69) is 137 Å². The van der Waals surface area contributed by atoms with Gasteiger partial charge in [-0.15, -0.1) is 0 Å². The summed E-state index contributed by atoms with van der Waals surface area (Å²) in [6.07, 6.45) is 0. The molecule has 0 atom stereocenters. The van der Waals surface area contributed by atoms with Crippen LogP contribution in [0.2, 0.25) is 0 Å². The first kappa shape index (κ1) is 30.5. The molecule has 11 rings (SSSR count). The molecule has 0 fully saturated rings. The van der Waals surface area contributed by atoms with Crippen molar-refractivity contribution in [3.63, 3.8) is 0 Å². The first-order valence-electron chi connectivity index (χ1n) is 17.9. The van der Waals surface area contributed by atoms with Crippen molar-refractivity contribution in [2.45, 2.75) is 58.1 Å². The molecule has 0 saturated heterocycles. The highest BCUT2D eigenvalue weighted by atomic mass is 32.2. The molecule has 0 bridgehead atoms. The molecule has 7 aromatic rings. The highest BCUT2D eigenvalue weighted by Gasteiger charge is 2.41. The van der Waals surface area contributed by atoms with Gasteiger partial charge in [0.15, 0.2) is 23.0 Å². The summed E-state index contributed by atoms with van der Waals surface area (Å²) in [5.74, 6) is 3.08. The third-order valence-electron chi connectivity index (χ3n) is 11.6. The highest BCUT2D eigenvalue weighted by molar-refractivity contribution is 8.05. The van der Waals surface area contributed by atoms with Gasteiger partial charge in [0.25, 0.3) is 0 Å². The number of para-hydroxylation sites is 2. The lowest BCUT2D eigenvalue weighted by atomic mass is 9.81. The second-order valence-electron chi connectivity index (χ2n) is 15.3. The molecule has 7 aromatic carbocycles. The monoisotopic (exact) mass is 706 g/mol. The van der Waals surface area contributed by atoms with E-state index in [4.69, 9.17) is 9.47 Å². The van der Waals surface area contributed by atoms with Gasteiger partial charge in [0.05, 0.1) is 0 Å². The van der Waals surface area contributed by atoms with Gasteiger partial charge in [-0.1, -0.05) is 130 Å². The number of benzene rings is 7. The van der Waals surface area contributed by atoms with Crippen LogP contribution in [0, 0.1) is 0 Å². The van der Waals surface area contributed by atoms with E-state index in [1.54, 1.807) is 0 Å². The van der Waals surface area contributed by atoms with Crippen molar-refractivity contribution in [1.29, 1.82) is 0 Å². The molecule has 0 amide bonds. The molecule has 2 aliphatic carbocycles. The van der Waals surface area contributed by atoms with Crippen LogP contribution >= 0.6 is 23.5 Å². The summed E-state index contributed by atoms with van der Waals surface area (Å²) in [7, 11) is 0. The Balaban J connectivity index is 0.963. The molecule has 0 unspecified atom stereocenters. The molecule has 0 saturated carbocycles. The third kappa shape index (κ3) is 4.22. The third-order valence-corrected chi connectivity index (χ3v) is 14.2. The topological polar surface area (TPSA) is 18.5 Å². The van der Waals surface area contributed by atoms with Gasteiger partial charge in [-0.2, -0.15) is 0 Å². The molecule has 250 valence electrons. The summed E-state index contributed by atoms with van der Waals surface area (Å²) in [5.41, 5.74) is 15.1. The van der Waals surface area contributed by atoms with Crippen LogP contribution < -0.4 is 9.47 Å². The van der Waals surface area contributed by atoms with E-state index in [0.717, 1.165) is 28.6 Å². The zero-order chi connectivity index (χ0) is 34.9. The Morgan fingerprint density at radius 2 is 0.962 bits per heavy atom. The minimum absolute atomic E-state index is 0.0912. The standard InChI is InChI=1S/C48H34O2S2/c1-47(2)33-20-22-39-45(50-38-13-6-5-12-37(38)49-39)43(33)31-18-16-29(25-35(31)47)27-10-9-11-28(24-27)30-17-19-32-36(26-30)48(3,4)34-21-23-42-46(44(32)34)52-41-15-8-7-14-40(41)51-42/h5-26H,1-4H3. The Morgan fingerprint density at radius 3 is 1.65 bits per heavy atom. The van der Waals surface area contributed by atoms with Crippen molar-refractivity contribution < 1.29 is 9.47 Å². The second-order valence-corrected chi connectivity index (χ2v) is 17.4. The van der Waals surface area contributed by atoms with Crippen molar-refractivity contribution in [3.05, 3.63) is 156 Å². The lowest BCUT2D eigenvalue weighted by Crippen LogP contribution is -2.15. The first-order valence-corrected chi connectivity index (χ1v) is 19.5. The first-order chi connectivity index (χ1) is 25.3. The van der Waals surface area contributed by atoms with E-state index in [1.807, 2.05) is 47.8 Å². The maximum atomic E-state index is 6.53. The van der Waals surface area contributed by atoms with Crippen LogP contribution in [-0.2, 0) is 10.8 Å². The highest BCUT2D eigenvalue weighted by Crippen LogP contribution is 2.60. The van der Waals surface area contributed by atoms with E-state index in [0.29, 0.717) is 0 Å². The van der Waals surface area contributed by atoms with Crippen LogP contribution in [0.4, 0.5) is 0 Å². The summed E-state index contributed by atoms with van der Waals surface area (Å²) in [6, 6.07) is 48.8. The number of hydrogen-bond acceptors (Lipinski definition) is 4. The van der Waals surface area contributed by atoms with E-state index >= 15 is 0 Å². The Hall–Kier alpha value is -5.16. The average Bonchev–Trinajstić information content (AvgIpc) is 3.55. The predicted octanol–water partition coefficient (Wildman–Crippen LogP) is 14.1. The molecular weight excluding hydrogens is 673 g/mol. The summed E-state index contributed by atoms with van der Waals surface area (Å²) >= 11 is 3.82. The molecule has 52 heavy (non-hydrogen) atoms. The molecular formula is C48H34O2S2. The van der Waals surface area contributed by atoms with Crippen molar-refractivity contribution in [2.75, 3.05) is 0 Å². The Kier molecular flexibility index (Phi) is 6.26. The van der Waals surface area contributed by atoms with Crippen molar-refractivity contribution in [2.24, 2.45) is 0 Å². The van der Waals surface area contributed by atoms with Gasteiger partial charge in [-0.3, -0.25) is 0 Å². The SMILES string of the molecule is CC1(C)c2cc(-c3cccc(-c4ccc5c(c4)C(C)(C)c4ccc6c(c4-5)Sc4ccccc4S6)c3)ccc2-c2c1ccc1c2Oc2ccccc2O1. The van der Waals surface area contributed by atoms with Crippen LogP contribution in [-0.4, -0.2) is 0 Å². The largest absolute Gasteiger partial charge is 0.449 e. The normalized spacial score (nSPS) is 15.8. The number of hydrogen-bond donors (Lipinski definition) is 0. The summed E-state index contributed by atoms with van der Waals surface area (Å²) in [5, 5.41) is 0. The van der Waals surface area contributed by atoms with E-state index in [1.165, 1.54) is 80.8 Å². The number of ether oxygens (including phenoxy) is 2. The Morgan fingerprint density at radius 1 is 0.404 bits per heavy atom. The van der Waals surface area contributed by atoms with E-state index in [9.17, 15) is 0 Å². The predicted molar refractivity (Wildman–Crippen MR) is 214 cm³/mol. The van der Waals surface area contributed by atoms with E-state index < -0.39 is 0 Å². The lowest BCUT2D eigenvalue weighted by molar-refractivity contribution is 0.360. The summed E-state index contributed by atoms with van der Waals surface area (Å²) in [6.45, 7) is 9.41. The summed E-state index contributed by atoms with van der Waals surface area (Å²) < 4.78 is 12.8. The fraction of sp³-hybridized carbons (Fsp3) is 0.125. The molecule has 4 aliphatic rings. The van der Waals surface area contributed by atoms with Gasteiger partial charge in [-0.25, -0.2) is 0 Å². The number of rotatable bonds is 2. The van der Waals surface area contributed by atoms with Gasteiger partial charge < -0.3 is 9.47 Å². The van der Waals surface area contributed by atoms with Crippen molar-refractivity contribution in [1.82, 2.24) is 0 Å². The van der Waals surface area contributed by atoms with Gasteiger partial charge in [0.2, 0.25) is 0 Å². The van der Waals surface area contributed by atoms with Gasteiger partial charge in [-0.05, 0) is 110 Å². The maximum absolute atomic E-state index is 6.53. The molecule has 2 nitrogen and oxygen atoms in total. The second kappa shape index (κ2) is 10.7. The smallest absolute Gasteiger partial charge is 0.178 e. The zero-order valence-electron chi connectivity index (χ0n) is 29.3. The molecule has 2 aliphatic heterocycles.